The lowest BCUT2D eigenvalue weighted by Crippen LogP contribution is -2.52. The molecule has 0 radical (unpaired) electrons. The van der Waals surface area contributed by atoms with Gasteiger partial charge in [0.15, 0.2) is 5.65 Å². The number of aryl methyl sites for hydroxylation is 1. The zero-order valence-corrected chi connectivity index (χ0v) is 13.0. The molecule has 8 heteroatoms. The first kappa shape index (κ1) is 14.4. The van der Waals surface area contributed by atoms with Gasteiger partial charge >= 0.3 is 0 Å². The van der Waals surface area contributed by atoms with Gasteiger partial charge in [-0.3, -0.25) is 18.8 Å². The van der Waals surface area contributed by atoms with E-state index in [0.29, 0.717) is 24.2 Å². The number of ether oxygens (including phenoxy) is 1. The number of hydrogen-bond acceptors (Lipinski definition) is 5. The molecule has 3 heterocycles. The van der Waals surface area contributed by atoms with E-state index >= 15 is 0 Å². The van der Waals surface area contributed by atoms with Crippen LogP contribution < -0.4 is 5.56 Å². The smallest absolute Gasteiger partial charge is 0.264 e. The minimum atomic E-state index is -0.229. The van der Waals surface area contributed by atoms with Crippen LogP contribution in [0.25, 0.3) is 11.0 Å². The number of rotatable bonds is 2. The molecule has 0 aromatic carbocycles. The Hall–Kier alpha value is -2.22. The van der Waals surface area contributed by atoms with Crippen LogP contribution in [0.5, 0.6) is 0 Å². The van der Waals surface area contributed by atoms with Crippen molar-refractivity contribution < 1.29 is 9.53 Å². The number of fused-ring (bicyclic) bond motifs is 2. The predicted molar refractivity (Wildman–Crippen MR) is 81.9 cm³/mol. The van der Waals surface area contributed by atoms with E-state index in [1.807, 2.05) is 4.90 Å². The number of morpholine rings is 1. The van der Waals surface area contributed by atoms with E-state index in [2.05, 4.69) is 10.1 Å². The number of nitrogens with zero attached hydrogens (tertiary/aromatic N) is 5. The average Bonchev–Trinajstić information content (AvgIpc) is 3.16. The zero-order chi connectivity index (χ0) is 16.0. The second-order valence-electron chi connectivity index (χ2n) is 6.18. The van der Waals surface area contributed by atoms with Crippen LogP contribution in [0.4, 0.5) is 0 Å². The molecular weight excluding hydrogens is 298 g/mol. The van der Waals surface area contributed by atoms with Gasteiger partial charge in [-0.1, -0.05) is 0 Å². The highest BCUT2D eigenvalue weighted by molar-refractivity contribution is 5.77. The second-order valence-corrected chi connectivity index (χ2v) is 6.18. The van der Waals surface area contributed by atoms with Crippen LogP contribution in [-0.4, -0.2) is 55.4 Å². The largest absolute Gasteiger partial charge is 0.374 e. The topological polar surface area (TPSA) is 82.2 Å². The lowest BCUT2D eigenvalue weighted by atomic mass is 10.1. The molecule has 8 nitrogen and oxygen atoms in total. The summed E-state index contributed by atoms with van der Waals surface area (Å²) in [6.07, 6.45) is 6.15. The van der Waals surface area contributed by atoms with Gasteiger partial charge in [0.2, 0.25) is 5.91 Å². The van der Waals surface area contributed by atoms with E-state index in [1.54, 1.807) is 11.7 Å². The molecule has 1 amide bonds. The summed E-state index contributed by atoms with van der Waals surface area (Å²) in [4.78, 5) is 31.2. The maximum absolute atomic E-state index is 12.7. The third-order valence-electron chi connectivity index (χ3n) is 4.83. The van der Waals surface area contributed by atoms with E-state index < -0.39 is 0 Å². The number of amides is 1. The monoisotopic (exact) mass is 317 g/mol. The first-order valence-electron chi connectivity index (χ1n) is 7.93. The molecule has 1 aliphatic carbocycles. The van der Waals surface area contributed by atoms with Crippen LogP contribution >= 0.6 is 0 Å². The van der Waals surface area contributed by atoms with Gasteiger partial charge in [0, 0.05) is 13.6 Å². The lowest BCUT2D eigenvalue weighted by molar-refractivity contribution is -0.144. The summed E-state index contributed by atoms with van der Waals surface area (Å²) in [7, 11) is 1.73. The Bertz CT molecular complexity index is 811. The van der Waals surface area contributed by atoms with Crippen molar-refractivity contribution in [1.82, 2.24) is 24.2 Å². The molecule has 2 aromatic heterocycles. The normalized spacial score (nSPS) is 24.1. The number of carbonyl (C=O) groups excluding carboxylic acids is 1. The molecule has 23 heavy (non-hydrogen) atoms. The molecule has 2 atom stereocenters. The van der Waals surface area contributed by atoms with Crippen molar-refractivity contribution in [1.29, 1.82) is 0 Å². The average molecular weight is 317 g/mol. The van der Waals surface area contributed by atoms with Crippen molar-refractivity contribution in [3.8, 4) is 0 Å². The molecule has 2 aromatic rings. The minimum absolute atomic E-state index is 0.0138. The second kappa shape index (κ2) is 5.45. The van der Waals surface area contributed by atoms with Gasteiger partial charge in [-0.2, -0.15) is 5.10 Å². The van der Waals surface area contributed by atoms with Gasteiger partial charge in [0.25, 0.3) is 5.56 Å². The molecule has 0 bridgehead atoms. The maximum atomic E-state index is 12.7. The van der Waals surface area contributed by atoms with Crippen molar-refractivity contribution in [3.63, 3.8) is 0 Å². The predicted octanol–water partition coefficient (Wildman–Crippen LogP) is -0.0901. The Kier molecular flexibility index (Phi) is 3.41. The maximum Gasteiger partial charge on any atom is 0.264 e. The van der Waals surface area contributed by atoms with E-state index in [1.165, 1.54) is 17.1 Å². The fraction of sp³-hybridized carbons (Fsp3) is 0.600. The quantitative estimate of drug-likeness (QED) is 0.773. The lowest BCUT2D eigenvalue weighted by Gasteiger charge is -2.37. The van der Waals surface area contributed by atoms with Crippen molar-refractivity contribution in [2.24, 2.45) is 7.05 Å². The third kappa shape index (κ3) is 2.33. The van der Waals surface area contributed by atoms with Crippen molar-refractivity contribution in [3.05, 3.63) is 22.9 Å². The van der Waals surface area contributed by atoms with Gasteiger partial charge in [-0.15, -0.1) is 0 Å². The number of carbonyl (C=O) groups is 1. The summed E-state index contributed by atoms with van der Waals surface area (Å²) < 4.78 is 8.65. The first-order chi connectivity index (χ1) is 11.1. The molecular formula is C15H19N5O3. The summed E-state index contributed by atoms with van der Waals surface area (Å²) in [6, 6.07) is 0.155. The molecule has 2 fully saturated rings. The zero-order valence-electron chi connectivity index (χ0n) is 13.0. The standard InChI is InChI=1S/C15H19N5O3/c1-18-14-10(7-17-18)15(22)19(9-16-14)8-13(21)20-5-6-23-12-4-2-3-11(12)20/h7,9,11-12H,2-6,8H2,1H3/t11-,12-/m1/s1. The van der Waals surface area contributed by atoms with Crippen LogP contribution in [-0.2, 0) is 23.1 Å². The summed E-state index contributed by atoms with van der Waals surface area (Å²) in [5.41, 5.74) is 0.300. The molecule has 4 rings (SSSR count). The fourth-order valence-corrected chi connectivity index (χ4v) is 3.65. The van der Waals surface area contributed by atoms with Crippen LogP contribution in [0.15, 0.2) is 17.3 Å². The Morgan fingerprint density at radius 1 is 1.43 bits per heavy atom. The van der Waals surface area contributed by atoms with Crippen LogP contribution in [0.1, 0.15) is 19.3 Å². The molecule has 0 N–H and O–H groups in total. The molecule has 1 saturated carbocycles. The summed E-state index contributed by atoms with van der Waals surface area (Å²) in [5.74, 6) is -0.0441. The SMILES string of the molecule is Cn1ncc2c(=O)n(CC(=O)N3CCO[C@@H]4CCC[C@H]43)cnc21. The molecule has 1 saturated heterocycles. The van der Waals surface area contributed by atoms with Gasteiger partial charge in [0.05, 0.1) is 24.9 Å². The minimum Gasteiger partial charge on any atom is -0.374 e. The van der Waals surface area contributed by atoms with Crippen molar-refractivity contribution in [2.75, 3.05) is 13.2 Å². The van der Waals surface area contributed by atoms with Crippen LogP contribution in [0, 0.1) is 0 Å². The highest BCUT2D eigenvalue weighted by Gasteiger charge is 2.38. The highest BCUT2D eigenvalue weighted by Crippen LogP contribution is 2.29. The number of aromatic nitrogens is 4. The van der Waals surface area contributed by atoms with Gasteiger partial charge < -0.3 is 9.64 Å². The molecule has 0 unspecified atom stereocenters. The molecule has 0 spiro atoms. The molecule has 2 aliphatic rings. The van der Waals surface area contributed by atoms with E-state index in [-0.39, 0.29) is 30.2 Å². The van der Waals surface area contributed by atoms with E-state index in [9.17, 15) is 9.59 Å². The Balaban J connectivity index is 1.59. The van der Waals surface area contributed by atoms with Gasteiger partial charge in [-0.25, -0.2) is 4.98 Å². The Morgan fingerprint density at radius 3 is 3.17 bits per heavy atom. The Morgan fingerprint density at radius 2 is 2.30 bits per heavy atom. The Labute approximate surface area is 132 Å². The van der Waals surface area contributed by atoms with Crippen LogP contribution in [0.2, 0.25) is 0 Å². The number of hydrogen-bond donors (Lipinski definition) is 0. The molecule has 122 valence electrons. The first-order valence-corrected chi connectivity index (χ1v) is 7.93. The third-order valence-corrected chi connectivity index (χ3v) is 4.83. The van der Waals surface area contributed by atoms with E-state index in [0.717, 1.165) is 19.3 Å². The summed E-state index contributed by atoms with van der Waals surface area (Å²) in [5, 5.41) is 4.47. The van der Waals surface area contributed by atoms with Crippen molar-refractivity contribution in [2.45, 2.75) is 38.0 Å². The fourth-order valence-electron chi connectivity index (χ4n) is 3.65. The molecule has 1 aliphatic heterocycles. The van der Waals surface area contributed by atoms with Crippen LogP contribution in [0.3, 0.4) is 0 Å². The van der Waals surface area contributed by atoms with Crippen molar-refractivity contribution >= 4 is 16.9 Å². The summed E-state index contributed by atoms with van der Waals surface area (Å²) in [6.45, 7) is 1.18. The van der Waals surface area contributed by atoms with E-state index in [4.69, 9.17) is 4.74 Å². The van der Waals surface area contributed by atoms with Gasteiger partial charge in [0.1, 0.15) is 18.3 Å². The highest BCUT2D eigenvalue weighted by atomic mass is 16.5. The summed E-state index contributed by atoms with van der Waals surface area (Å²) >= 11 is 0. The van der Waals surface area contributed by atoms with Gasteiger partial charge in [-0.05, 0) is 19.3 Å².